The molecule has 1 unspecified atom stereocenters. The van der Waals surface area contributed by atoms with Gasteiger partial charge in [-0.2, -0.15) is 0 Å². The lowest BCUT2D eigenvalue weighted by Crippen LogP contribution is -2.44. The molecule has 0 N–H and O–H groups in total. The minimum Gasteiger partial charge on any atom is -0.381 e. The molecule has 224 valence electrons. The number of unbranched alkanes of at least 4 members (excludes halogenated alkanes) is 19. The minimum atomic E-state index is -0.889. The van der Waals surface area contributed by atoms with Gasteiger partial charge in [-0.1, -0.05) is 142 Å². The lowest BCUT2D eigenvalue weighted by atomic mass is 9.91. The Labute approximate surface area is 233 Å². The second-order valence-corrected chi connectivity index (χ2v) is 11.2. The number of hydrogen-bond acceptors (Lipinski definition) is 4. The third-order valence-corrected chi connectivity index (χ3v) is 7.99. The summed E-state index contributed by atoms with van der Waals surface area (Å²) < 4.78 is 23.0. The topological polar surface area (TPSA) is 36.9 Å². The second kappa shape index (κ2) is 28.8. The molecular weight excluding hydrogens is 460 g/mol. The van der Waals surface area contributed by atoms with Crippen LogP contribution in [0.15, 0.2) is 0 Å². The molecule has 0 fully saturated rings. The van der Waals surface area contributed by atoms with Gasteiger partial charge in [-0.25, -0.2) is 0 Å². The Morgan fingerprint density at radius 3 is 1.03 bits per heavy atom. The summed E-state index contributed by atoms with van der Waals surface area (Å²) in [6.07, 6.45) is 31.5. The molecule has 0 saturated heterocycles. The first-order valence-electron chi connectivity index (χ1n) is 16.4. The zero-order valence-electron chi connectivity index (χ0n) is 26.1. The monoisotopic (exact) mass is 529 g/mol. The maximum absolute atomic E-state index is 5.84. The molecule has 0 bridgehead atoms. The van der Waals surface area contributed by atoms with Crippen LogP contribution in [-0.2, 0) is 18.9 Å². The average molecular weight is 529 g/mol. The van der Waals surface area contributed by atoms with E-state index in [2.05, 4.69) is 13.8 Å². The van der Waals surface area contributed by atoms with Crippen molar-refractivity contribution in [2.45, 2.75) is 174 Å². The van der Waals surface area contributed by atoms with E-state index in [9.17, 15) is 0 Å². The molecule has 0 spiro atoms. The highest BCUT2D eigenvalue weighted by Crippen LogP contribution is 2.33. The van der Waals surface area contributed by atoms with E-state index in [0.717, 1.165) is 26.1 Å². The van der Waals surface area contributed by atoms with Crippen molar-refractivity contribution >= 4 is 0 Å². The van der Waals surface area contributed by atoms with Gasteiger partial charge in [0.15, 0.2) is 0 Å². The summed E-state index contributed by atoms with van der Waals surface area (Å²) in [4.78, 5) is 0. The highest BCUT2D eigenvalue weighted by molar-refractivity contribution is 4.72. The predicted octanol–water partition coefficient (Wildman–Crippen LogP) is 10.6. The van der Waals surface area contributed by atoms with E-state index in [4.69, 9.17) is 18.9 Å². The van der Waals surface area contributed by atoms with Crippen LogP contribution >= 0.6 is 0 Å². The zero-order chi connectivity index (χ0) is 27.3. The molecule has 0 amide bonds. The summed E-state index contributed by atoms with van der Waals surface area (Å²) >= 11 is 0. The van der Waals surface area contributed by atoms with Gasteiger partial charge < -0.3 is 18.9 Å². The van der Waals surface area contributed by atoms with Crippen molar-refractivity contribution in [3.63, 3.8) is 0 Å². The molecule has 4 nitrogen and oxygen atoms in total. The molecule has 0 rings (SSSR count). The fraction of sp³-hybridized carbons (Fsp3) is 1.00. The molecule has 37 heavy (non-hydrogen) atoms. The third kappa shape index (κ3) is 21.4. The van der Waals surface area contributed by atoms with Crippen LogP contribution in [0.3, 0.4) is 0 Å². The maximum atomic E-state index is 5.84. The molecule has 0 radical (unpaired) electrons. The van der Waals surface area contributed by atoms with Gasteiger partial charge in [0.05, 0.1) is 0 Å². The van der Waals surface area contributed by atoms with Crippen molar-refractivity contribution in [2.75, 3.05) is 34.5 Å². The minimum absolute atomic E-state index is 0.296. The molecule has 0 aromatic carbocycles. The van der Waals surface area contributed by atoms with Crippen LogP contribution in [0.2, 0.25) is 0 Å². The summed E-state index contributed by atoms with van der Waals surface area (Å²) in [6, 6.07) is 0. The Morgan fingerprint density at radius 1 is 0.405 bits per heavy atom. The summed E-state index contributed by atoms with van der Waals surface area (Å²) in [5.74, 6) is -0.593. The lowest BCUT2D eigenvalue weighted by molar-refractivity contribution is -0.380. The molecule has 0 aromatic rings. The highest BCUT2D eigenvalue weighted by Gasteiger charge is 2.39. The Morgan fingerprint density at radius 2 is 0.703 bits per heavy atom. The van der Waals surface area contributed by atoms with Gasteiger partial charge >= 0.3 is 0 Å². The highest BCUT2D eigenvalue weighted by atomic mass is 16.9. The first kappa shape index (κ1) is 36.8. The summed E-state index contributed by atoms with van der Waals surface area (Å²) in [5.41, 5.74) is 0. The van der Waals surface area contributed by atoms with Crippen LogP contribution in [0.5, 0.6) is 0 Å². The molecule has 0 aromatic heterocycles. The van der Waals surface area contributed by atoms with E-state index in [-0.39, 0.29) is 0 Å². The lowest BCUT2D eigenvalue weighted by Gasteiger charge is -2.36. The first-order chi connectivity index (χ1) is 18.2. The Bertz CT molecular complexity index is 416. The van der Waals surface area contributed by atoms with Gasteiger partial charge in [0, 0.05) is 40.5 Å². The number of methoxy groups -OCH3 is 3. The number of rotatable bonds is 31. The molecule has 0 saturated carbocycles. The van der Waals surface area contributed by atoms with Crippen molar-refractivity contribution in [1.82, 2.24) is 0 Å². The fourth-order valence-electron chi connectivity index (χ4n) is 5.51. The number of hydrogen-bond donors (Lipinski definition) is 0. The van der Waals surface area contributed by atoms with Crippen molar-refractivity contribution in [3.05, 3.63) is 0 Å². The van der Waals surface area contributed by atoms with Crippen molar-refractivity contribution in [3.8, 4) is 0 Å². The predicted molar refractivity (Wildman–Crippen MR) is 160 cm³/mol. The molecule has 4 heteroatoms. The van der Waals surface area contributed by atoms with E-state index in [1.807, 2.05) is 0 Å². The molecule has 1 atom stereocenters. The van der Waals surface area contributed by atoms with E-state index >= 15 is 0 Å². The van der Waals surface area contributed by atoms with Crippen LogP contribution in [0.1, 0.15) is 168 Å². The van der Waals surface area contributed by atoms with E-state index < -0.39 is 5.97 Å². The Kier molecular flexibility index (Phi) is 28.7. The number of ether oxygens (including phenoxy) is 4. The van der Waals surface area contributed by atoms with E-state index in [1.54, 1.807) is 21.3 Å². The van der Waals surface area contributed by atoms with Gasteiger partial charge in [0.1, 0.15) is 0 Å². The van der Waals surface area contributed by atoms with Gasteiger partial charge in [0.25, 0.3) is 5.97 Å². The second-order valence-electron chi connectivity index (χ2n) is 11.2. The normalized spacial score (nSPS) is 12.9. The van der Waals surface area contributed by atoms with Crippen LogP contribution in [-0.4, -0.2) is 40.5 Å². The van der Waals surface area contributed by atoms with Crippen LogP contribution in [0, 0.1) is 5.92 Å². The maximum Gasteiger partial charge on any atom is 0.285 e. The first-order valence-corrected chi connectivity index (χ1v) is 16.4. The van der Waals surface area contributed by atoms with Crippen LogP contribution in [0.25, 0.3) is 0 Å². The van der Waals surface area contributed by atoms with E-state index in [1.165, 1.54) is 141 Å². The third-order valence-electron chi connectivity index (χ3n) is 7.99. The zero-order valence-corrected chi connectivity index (χ0v) is 26.1. The van der Waals surface area contributed by atoms with Crippen molar-refractivity contribution in [2.24, 2.45) is 5.92 Å². The molecular formula is C33H68O4. The van der Waals surface area contributed by atoms with Gasteiger partial charge in [-0.3, -0.25) is 0 Å². The van der Waals surface area contributed by atoms with Gasteiger partial charge in [-0.15, -0.1) is 0 Å². The summed E-state index contributed by atoms with van der Waals surface area (Å²) in [6.45, 7) is 6.47. The van der Waals surface area contributed by atoms with Gasteiger partial charge in [0.2, 0.25) is 0 Å². The average Bonchev–Trinajstić information content (AvgIpc) is 2.92. The smallest absolute Gasteiger partial charge is 0.285 e. The summed E-state index contributed by atoms with van der Waals surface area (Å²) in [7, 11) is 5.13. The SMILES string of the molecule is CCCCCCCCCCOCCCCCCCCCCC(CCCCCCCC)C(OC)(OC)OC. The van der Waals surface area contributed by atoms with Crippen molar-refractivity contribution in [1.29, 1.82) is 0 Å². The molecule has 0 aliphatic carbocycles. The molecule has 0 aliphatic heterocycles. The largest absolute Gasteiger partial charge is 0.381 e. The quantitative estimate of drug-likeness (QED) is 0.0662. The van der Waals surface area contributed by atoms with Crippen molar-refractivity contribution < 1.29 is 18.9 Å². The van der Waals surface area contributed by atoms with Gasteiger partial charge in [-0.05, 0) is 25.7 Å². The Balaban J connectivity index is 3.72. The standard InChI is InChI=1S/C33H68O4/c1-6-8-10-12-14-18-22-26-30-37-31-27-23-19-16-15-17-21-25-29-32(33(34-3,35-4)36-5)28-24-20-13-11-9-7-2/h32H,6-31H2,1-5H3. The molecule has 0 aliphatic rings. The Hall–Kier alpha value is -0.160. The summed E-state index contributed by atoms with van der Waals surface area (Å²) in [5, 5.41) is 0. The van der Waals surface area contributed by atoms with E-state index in [0.29, 0.717) is 5.92 Å². The van der Waals surface area contributed by atoms with Crippen LogP contribution in [0.4, 0.5) is 0 Å². The fourth-order valence-corrected chi connectivity index (χ4v) is 5.51. The van der Waals surface area contributed by atoms with Crippen LogP contribution < -0.4 is 0 Å². The molecule has 0 heterocycles.